The molecule has 1 fully saturated rings. The first-order valence-electron chi connectivity index (χ1n) is 7.72. The Balaban J connectivity index is 1.69. The minimum Gasteiger partial charge on any atom is -0.495 e. The summed E-state index contributed by atoms with van der Waals surface area (Å²) in [5.41, 5.74) is 1.30. The Morgan fingerprint density at radius 1 is 1.29 bits per heavy atom. The number of rotatable bonds is 5. The number of carbonyl (C=O) groups excluding carboxylic acids is 1. The van der Waals surface area contributed by atoms with Gasteiger partial charge in [-0.15, -0.1) is 0 Å². The largest absolute Gasteiger partial charge is 0.495 e. The Hall–Kier alpha value is -1.92. The van der Waals surface area contributed by atoms with Crippen LogP contribution in [0.15, 0.2) is 46.9 Å². The molecule has 1 N–H and O–H groups in total. The van der Waals surface area contributed by atoms with E-state index >= 15 is 0 Å². The zero-order valence-corrected chi connectivity index (χ0v) is 14.8. The molecule has 1 amide bonds. The quantitative estimate of drug-likeness (QED) is 0.846. The topological polar surface area (TPSA) is 41.6 Å². The van der Waals surface area contributed by atoms with E-state index in [-0.39, 0.29) is 17.8 Å². The molecule has 0 spiro atoms. The van der Waals surface area contributed by atoms with Crippen molar-refractivity contribution >= 4 is 27.5 Å². The van der Waals surface area contributed by atoms with Gasteiger partial charge in [0.15, 0.2) is 0 Å². The van der Waals surface area contributed by atoms with Crippen molar-refractivity contribution in [3.05, 3.63) is 58.3 Å². The van der Waals surface area contributed by atoms with Gasteiger partial charge in [-0.2, -0.15) is 0 Å². The van der Waals surface area contributed by atoms with Gasteiger partial charge in [0.05, 0.1) is 23.3 Å². The van der Waals surface area contributed by atoms with Crippen molar-refractivity contribution < 1.29 is 13.9 Å². The van der Waals surface area contributed by atoms with Crippen LogP contribution in [0.1, 0.15) is 12.0 Å². The molecule has 0 aromatic heterocycles. The summed E-state index contributed by atoms with van der Waals surface area (Å²) in [6.45, 7) is 1.01. The maximum absolute atomic E-state index is 13.9. The molecule has 0 radical (unpaired) electrons. The van der Waals surface area contributed by atoms with Gasteiger partial charge >= 0.3 is 0 Å². The third kappa shape index (κ3) is 3.30. The molecule has 3 rings (SSSR count). The Morgan fingerprint density at radius 2 is 2.08 bits per heavy atom. The van der Waals surface area contributed by atoms with Gasteiger partial charge in [-0.3, -0.25) is 4.79 Å². The average molecular weight is 393 g/mol. The predicted octanol–water partition coefficient (Wildman–Crippen LogP) is 3.49. The van der Waals surface area contributed by atoms with E-state index in [9.17, 15) is 9.18 Å². The zero-order chi connectivity index (χ0) is 17.1. The number of halogens is 2. The summed E-state index contributed by atoms with van der Waals surface area (Å²) >= 11 is 3.45. The highest BCUT2D eigenvalue weighted by atomic mass is 79.9. The molecule has 1 aliphatic rings. The van der Waals surface area contributed by atoms with Crippen LogP contribution < -0.4 is 15.0 Å². The van der Waals surface area contributed by atoms with Crippen molar-refractivity contribution in [2.24, 2.45) is 0 Å². The number of methoxy groups -OCH3 is 1. The van der Waals surface area contributed by atoms with E-state index in [1.807, 2.05) is 18.2 Å². The van der Waals surface area contributed by atoms with Crippen LogP contribution in [0.5, 0.6) is 5.75 Å². The number of ether oxygens (including phenoxy) is 1. The van der Waals surface area contributed by atoms with Gasteiger partial charge in [-0.05, 0) is 40.5 Å². The first-order valence-corrected chi connectivity index (χ1v) is 8.51. The van der Waals surface area contributed by atoms with Gasteiger partial charge in [-0.1, -0.05) is 24.3 Å². The number of nitrogens with one attached hydrogen (secondary N) is 1. The maximum Gasteiger partial charge on any atom is 0.244 e. The van der Waals surface area contributed by atoms with Gasteiger partial charge in [-0.25, -0.2) is 4.39 Å². The third-order valence-electron chi connectivity index (χ3n) is 4.14. The van der Waals surface area contributed by atoms with Gasteiger partial charge < -0.3 is 15.0 Å². The molecule has 24 heavy (non-hydrogen) atoms. The summed E-state index contributed by atoms with van der Waals surface area (Å²) in [4.78, 5) is 14.1. The lowest BCUT2D eigenvalue weighted by Crippen LogP contribution is -2.38. The van der Waals surface area contributed by atoms with Crippen LogP contribution in [0.25, 0.3) is 0 Å². The van der Waals surface area contributed by atoms with Gasteiger partial charge in [0.1, 0.15) is 11.6 Å². The summed E-state index contributed by atoms with van der Waals surface area (Å²) in [7, 11) is 1.62. The fraction of sp³-hybridized carbons (Fsp3) is 0.278. The lowest BCUT2D eigenvalue weighted by molar-refractivity contribution is -0.118. The standard InChI is InChI=1S/C18H18BrFN2O2/c1-24-17-12(5-4-6-13(17)19)11-21-15-9-10-22(18(15)23)16-8-3-2-7-14(16)20/h2-8,15,21H,9-11H2,1H3. The Bertz CT molecular complexity index is 754. The van der Waals surface area contributed by atoms with E-state index < -0.39 is 0 Å². The fourth-order valence-corrected chi connectivity index (χ4v) is 3.50. The number of para-hydroxylation sites is 2. The van der Waals surface area contributed by atoms with Crippen LogP contribution in [0, 0.1) is 5.82 Å². The summed E-state index contributed by atoms with van der Waals surface area (Å²) in [6, 6.07) is 11.8. The van der Waals surface area contributed by atoms with E-state index in [1.165, 1.54) is 11.0 Å². The molecule has 2 aromatic carbocycles. The Morgan fingerprint density at radius 3 is 2.83 bits per heavy atom. The van der Waals surface area contributed by atoms with E-state index in [4.69, 9.17) is 4.74 Å². The Kier molecular flexibility index (Phi) is 5.16. The minimum absolute atomic E-state index is 0.103. The smallest absolute Gasteiger partial charge is 0.244 e. The minimum atomic E-state index is -0.375. The fourth-order valence-electron chi connectivity index (χ4n) is 2.93. The normalized spacial score (nSPS) is 17.4. The van der Waals surface area contributed by atoms with Crippen molar-refractivity contribution in [1.29, 1.82) is 0 Å². The van der Waals surface area contributed by atoms with Gasteiger partial charge in [0.2, 0.25) is 5.91 Å². The summed E-state index contributed by atoms with van der Waals surface area (Å²) < 4.78 is 20.2. The van der Waals surface area contributed by atoms with Crippen LogP contribution in [-0.2, 0) is 11.3 Å². The predicted molar refractivity (Wildman–Crippen MR) is 94.7 cm³/mol. The molecule has 2 aromatic rings. The highest BCUT2D eigenvalue weighted by Gasteiger charge is 2.33. The average Bonchev–Trinajstić information content (AvgIpc) is 2.94. The van der Waals surface area contributed by atoms with E-state index in [0.29, 0.717) is 25.2 Å². The van der Waals surface area contributed by atoms with Gasteiger partial charge in [0.25, 0.3) is 0 Å². The van der Waals surface area contributed by atoms with E-state index in [1.54, 1.807) is 25.3 Å². The second-order valence-corrected chi connectivity index (χ2v) is 6.45. The van der Waals surface area contributed by atoms with E-state index in [2.05, 4.69) is 21.2 Å². The number of amides is 1. The second kappa shape index (κ2) is 7.32. The van der Waals surface area contributed by atoms with Crippen LogP contribution in [-0.4, -0.2) is 25.6 Å². The highest BCUT2D eigenvalue weighted by molar-refractivity contribution is 9.10. The van der Waals surface area contributed by atoms with Crippen molar-refractivity contribution in [3.63, 3.8) is 0 Å². The van der Waals surface area contributed by atoms with Crippen LogP contribution in [0.4, 0.5) is 10.1 Å². The van der Waals surface area contributed by atoms with Crippen molar-refractivity contribution in [3.8, 4) is 5.75 Å². The number of anilines is 1. The first-order chi connectivity index (χ1) is 11.6. The monoisotopic (exact) mass is 392 g/mol. The molecule has 4 nitrogen and oxygen atoms in total. The zero-order valence-electron chi connectivity index (χ0n) is 13.3. The summed E-state index contributed by atoms with van der Waals surface area (Å²) in [6.07, 6.45) is 0.642. The molecule has 1 aliphatic heterocycles. The Labute approximate surface area is 148 Å². The highest BCUT2D eigenvalue weighted by Crippen LogP contribution is 2.29. The van der Waals surface area contributed by atoms with E-state index in [0.717, 1.165) is 15.8 Å². The van der Waals surface area contributed by atoms with Crippen molar-refractivity contribution in [1.82, 2.24) is 5.32 Å². The number of benzene rings is 2. The van der Waals surface area contributed by atoms with Crippen LogP contribution in [0.3, 0.4) is 0 Å². The number of carbonyl (C=O) groups is 1. The number of nitrogens with zero attached hydrogens (tertiary/aromatic N) is 1. The maximum atomic E-state index is 13.9. The van der Waals surface area contributed by atoms with Gasteiger partial charge in [0, 0.05) is 18.7 Å². The van der Waals surface area contributed by atoms with Crippen molar-refractivity contribution in [2.75, 3.05) is 18.6 Å². The first kappa shape index (κ1) is 16.9. The molecule has 126 valence electrons. The second-order valence-electron chi connectivity index (χ2n) is 5.60. The molecule has 0 saturated carbocycles. The summed E-state index contributed by atoms with van der Waals surface area (Å²) in [5.74, 6) is 0.274. The molecule has 0 aliphatic carbocycles. The molecular formula is C18H18BrFN2O2. The van der Waals surface area contributed by atoms with Crippen molar-refractivity contribution in [2.45, 2.75) is 19.0 Å². The molecule has 1 saturated heterocycles. The molecule has 1 heterocycles. The van der Waals surface area contributed by atoms with Crippen LogP contribution in [0.2, 0.25) is 0 Å². The number of hydrogen-bond acceptors (Lipinski definition) is 3. The molecule has 1 atom stereocenters. The molecule has 6 heteroatoms. The SMILES string of the molecule is COc1c(Br)cccc1CNC1CCN(c2ccccc2F)C1=O. The number of hydrogen-bond donors (Lipinski definition) is 1. The third-order valence-corrected chi connectivity index (χ3v) is 4.76. The summed E-state index contributed by atoms with van der Waals surface area (Å²) in [5, 5.41) is 3.25. The molecular weight excluding hydrogens is 375 g/mol. The lowest BCUT2D eigenvalue weighted by Gasteiger charge is -2.18. The molecule has 0 bridgehead atoms. The lowest BCUT2D eigenvalue weighted by atomic mass is 10.1. The molecule has 1 unspecified atom stereocenters. The van der Waals surface area contributed by atoms with Crippen LogP contribution >= 0.6 is 15.9 Å².